The normalized spacial score (nSPS) is 18.8. The molecule has 1 N–H and O–H groups in total. The van der Waals surface area contributed by atoms with E-state index in [1.165, 1.54) is 36.8 Å². The van der Waals surface area contributed by atoms with Crippen molar-refractivity contribution in [2.45, 2.75) is 65.1 Å². The Balaban J connectivity index is 1.95. The molecule has 1 heterocycles. The molecule has 0 aliphatic heterocycles. The van der Waals surface area contributed by atoms with Crippen molar-refractivity contribution in [2.75, 3.05) is 13.2 Å². The molecule has 108 valence electrons. The Morgan fingerprint density at radius 1 is 1.42 bits per heavy atom. The molecule has 0 bridgehead atoms. The van der Waals surface area contributed by atoms with Crippen molar-refractivity contribution in [3.8, 4) is 0 Å². The lowest BCUT2D eigenvalue weighted by atomic mass is 9.91. The van der Waals surface area contributed by atoms with Crippen LogP contribution in [0.15, 0.2) is 12.4 Å². The SMILES string of the molecule is CCCNC1CCCc2cn(CCOC(C)C)cc21. The van der Waals surface area contributed by atoms with Crippen molar-refractivity contribution in [1.82, 2.24) is 9.88 Å². The molecule has 3 heteroatoms. The lowest BCUT2D eigenvalue weighted by Crippen LogP contribution is -2.24. The molecule has 0 fully saturated rings. The molecule has 0 saturated carbocycles. The number of ether oxygens (including phenoxy) is 1. The molecule has 1 unspecified atom stereocenters. The molecule has 0 amide bonds. The molecule has 1 aromatic heterocycles. The second-order valence-electron chi connectivity index (χ2n) is 5.80. The fourth-order valence-corrected chi connectivity index (χ4v) is 2.80. The van der Waals surface area contributed by atoms with Gasteiger partial charge in [0.1, 0.15) is 0 Å². The van der Waals surface area contributed by atoms with Crippen molar-refractivity contribution in [3.63, 3.8) is 0 Å². The highest BCUT2D eigenvalue weighted by molar-refractivity contribution is 5.30. The fourth-order valence-electron chi connectivity index (χ4n) is 2.80. The highest BCUT2D eigenvalue weighted by Crippen LogP contribution is 2.30. The number of aromatic nitrogens is 1. The zero-order chi connectivity index (χ0) is 13.7. The summed E-state index contributed by atoms with van der Waals surface area (Å²) in [6.07, 6.45) is 9.99. The second-order valence-corrected chi connectivity index (χ2v) is 5.80. The van der Waals surface area contributed by atoms with Crippen LogP contribution in [-0.2, 0) is 17.7 Å². The zero-order valence-electron chi connectivity index (χ0n) is 12.6. The molecule has 1 aromatic rings. The van der Waals surface area contributed by atoms with E-state index < -0.39 is 0 Å². The van der Waals surface area contributed by atoms with E-state index >= 15 is 0 Å². The monoisotopic (exact) mass is 264 g/mol. The number of hydrogen-bond donors (Lipinski definition) is 1. The van der Waals surface area contributed by atoms with Crippen LogP contribution < -0.4 is 5.32 Å². The summed E-state index contributed by atoms with van der Waals surface area (Å²) in [5, 5.41) is 3.67. The molecular formula is C16H28N2O. The van der Waals surface area contributed by atoms with E-state index in [0.717, 1.165) is 19.7 Å². The van der Waals surface area contributed by atoms with E-state index in [1.807, 2.05) is 0 Å². The molecule has 19 heavy (non-hydrogen) atoms. The second kappa shape index (κ2) is 7.11. The van der Waals surface area contributed by atoms with Crippen LogP contribution >= 0.6 is 0 Å². The average molecular weight is 264 g/mol. The Kier molecular flexibility index (Phi) is 5.46. The van der Waals surface area contributed by atoms with Crippen molar-refractivity contribution in [2.24, 2.45) is 0 Å². The Hall–Kier alpha value is -0.800. The van der Waals surface area contributed by atoms with Gasteiger partial charge in [0.25, 0.3) is 0 Å². The van der Waals surface area contributed by atoms with Gasteiger partial charge in [0.05, 0.1) is 12.7 Å². The number of nitrogens with zero attached hydrogens (tertiary/aromatic N) is 1. The third kappa shape index (κ3) is 4.08. The molecule has 3 nitrogen and oxygen atoms in total. The minimum Gasteiger partial charge on any atom is -0.377 e. The Labute approximate surface area is 117 Å². The highest BCUT2D eigenvalue weighted by atomic mass is 16.5. The molecule has 2 rings (SSSR count). The quantitative estimate of drug-likeness (QED) is 0.818. The van der Waals surface area contributed by atoms with E-state index in [9.17, 15) is 0 Å². The lowest BCUT2D eigenvalue weighted by molar-refractivity contribution is 0.0728. The van der Waals surface area contributed by atoms with E-state index in [4.69, 9.17) is 4.74 Å². The zero-order valence-corrected chi connectivity index (χ0v) is 12.6. The molecule has 0 radical (unpaired) electrons. The summed E-state index contributed by atoms with van der Waals surface area (Å²) < 4.78 is 7.94. The number of aryl methyl sites for hydroxylation is 1. The summed E-state index contributed by atoms with van der Waals surface area (Å²) in [6, 6.07) is 0.566. The predicted octanol–water partition coefficient (Wildman–Crippen LogP) is 3.29. The van der Waals surface area contributed by atoms with E-state index in [0.29, 0.717) is 12.1 Å². The number of hydrogen-bond acceptors (Lipinski definition) is 2. The first-order chi connectivity index (χ1) is 9.20. The van der Waals surface area contributed by atoms with Crippen LogP contribution in [0.4, 0.5) is 0 Å². The molecule has 0 saturated heterocycles. The van der Waals surface area contributed by atoms with E-state index in [1.54, 1.807) is 0 Å². The Bertz CT molecular complexity index is 384. The minimum atomic E-state index is 0.323. The van der Waals surface area contributed by atoms with Gasteiger partial charge in [-0.3, -0.25) is 0 Å². The minimum absolute atomic E-state index is 0.323. The van der Waals surface area contributed by atoms with Crippen LogP contribution in [0, 0.1) is 0 Å². The van der Waals surface area contributed by atoms with Crippen LogP contribution in [0.25, 0.3) is 0 Å². The van der Waals surface area contributed by atoms with Gasteiger partial charge in [0.2, 0.25) is 0 Å². The van der Waals surface area contributed by atoms with Gasteiger partial charge in [-0.25, -0.2) is 0 Å². The average Bonchev–Trinajstić information content (AvgIpc) is 2.79. The highest BCUT2D eigenvalue weighted by Gasteiger charge is 2.21. The maximum atomic E-state index is 5.63. The van der Waals surface area contributed by atoms with Gasteiger partial charge < -0.3 is 14.6 Å². The third-order valence-corrected chi connectivity index (χ3v) is 3.75. The van der Waals surface area contributed by atoms with Gasteiger partial charge in [-0.05, 0) is 57.2 Å². The fraction of sp³-hybridized carbons (Fsp3) is 0.750. The van der Waals surface area contributed by atoms with Crippen LogP contribution in [0.3, 0.4) is 0 Å². The van der Waals surface area contributed by atoms with Crippen molar-refractivity contribution < 1.29 is 4.74 Å². The van der Waals surface area contributed by atoms with Gasteiger partial charge in [-0.15, -0.1) is 0 Å². The smallest absolute Gasteiger partial charge is 0.0648 e. The summed E-state index contributed by atoms with van der Waals surface area (Å²) in [5.74, 6) is 0. The van der Waals surface area contributed by atoms with Gasteiger partial charge in [-0.1, -0.05) is 6.92 Å². The summed E-state index contributed by atoms with van der Waals surface area (Å²) in [6.45, 7) is 9.29. The standard InChI is InChI=1S/C16H28N2O/c1-4-8-17-16-7-5-6-14-11-18(12-15(14)16)9-10-19-13(2)3/h11-13,16-17H,4-10H2,1-3H3. The number of fused-ring (bicyclic) bond motifs is 1. The maximum absolute atomic E-state index is 5.63. The lowest BCUT2D eigenvalue weighted by Gasteiger charge is -2.23. The Morgan fingerprint density at radius 2 is 2.26 bits per heavy atom. The van der Waals surface area contributed by atoms with Gasteiger partial charge in [0, 0.05) is 25.0 Å². The first-order valence-corrected chi connectivity index (χ1v) is 7.74. The number of rotatable bonds is 7. The van der Waals surface area contributed by atoms with E-state index in [-0.39, 0.29) is 0 Å². The third-order valence-electron chi connectivity index (χ3n) is 3.75. The first-order valence-electron chi connectivity index (χ1n) is 7.74. The molecule has 1 aliphatic rings. The van der Waals surface area contributed by atoms with E-state index in [2.05, 4.69) is 43.0 Å². The van der Waals surface area contributed by atoms with Gasteiger partial charge in [0.15, 0.2) is 0 Å². The topological polar surface area (TPSA) is 26.2 Å². The van der Waals surface area contributed by atoms with Crippen molar-refractivity contribution in [3.05, 3.63) is 23.5 Å². The summed E-state index contributed by atoms with van der Waals surface area (Å²) in [4.78, 5) is 0. The molecule has 0 spiro atoms. The maximum Gasteiger partial charge on any atom is 0.0648 e. The largest absolute Gasteiger partial charge is 0.377 e. The van der Waals surface area contributed by atoms with Gasteiger partial charge in [-0.2, -0.15) is 0 Å². The number of nitrogens with one attached hydrogen (secondary N) is 1. The summed E-state index contributed by atoms with van der Waals surface area (Å²) >= 11 is 0. The predicted molar refractivity (Wildman–Crippen MR) is 79.5 cm³/mol. The van der Waals surface area contributed by atoms with Crippen molar-refractivity contribution in [1.29, 1.82) is 0 Å². The van der Waals surface area contributed by atoms with Crippen LogP contribution in [0.1, 0.15) is 57.2 Å². The van der Waals surface area contributed by atoms with Crippen LogP contribution in [0.5, 0.6) is 0 Å². The molecule has 1 atom stereocenters. The van der Waals surface area contributed by atoms with Crippen molar-refractivity contribution >= 4 is 0 Å². The summed E-state index contributed by atoms with van der Waals surface area (Å²) in [5.41, 5.74) is 3.05. The van der Waals surface area contributed by atoms with Crippen LogP contribution in [-0.4, -0.2) is 23.8 Å². The van der Waals surface area contributed by atoms with Gasteiger partial charge >= 0.3 is 0 Å². The molecular weight excluding hydrogens is 236 g/mol. The molecule has 0 aromatic carbocycles. The first kappa shape index (κ1) is 14.6. The summed E-state index contributed by atoms with van der Waals surface area (Å²) in [7, 11) is 0. The Morgan fingerprint density at radius 3 is 3.00 bits per heavy atom. The van der Waals surface area contributed by atoms with Crippen LogP contribution in [0.2, 0.25) is 0 Å². The molecule has 1 aliphatic carbocycles.